The molecule has 1 aliphatic carbocycles. The lowest BCUT2D eigenvalue weighted by Gasteiger charge is -2.40. The van der Waals surface area contributed by atoms with Crippen LogP contribution >= 0.6 is 0 Å². The van der Waals surface area contributed by atoms with Gasteiger partial charge >= 0.3 is 6.09 Å². The Kier molecular flexibility index (Phi) is 5.23. The van der Waals surface area contributed by atoms with Gasteiger partial charge in [-0.3, -0.25) is 4.68 Å². The van der Waals surface area contributed by atoms with Crippen molar-refractivity contribution in [3.63, 3.8) is 0 Å². The molecule has 0 saturated carbocycles. The number of hydrogen-bond donors (Lipinski definition) is 0. The van der Waals surface area contributed by atoms with Gasteiger partial charge < -0.3 is 9.64 Å². The van der Waals surface area contributed by atoms with Gasteiger partial charge in [-0.2, -0.15) is 9.50 Å². The van der Waals surface area contributed by atoms with E-state index >= 15 is 0 Å². The minimum absolute atomic E-state index is 0.190. The molecule has 2 heterocycles. The Hall–Kier alpha value is -1.70. The summed E-state index contributed by atoms with van der Waals surface area (Å²) in [6.07, 6.45) is 3.95. The second-order valence-electron chi connectivity index (χ2n) is 9.85. The standard InChI is InChI=1S/C20H32N4O3S/c1-18(2,3)27-17(25)24-10-8-20(9-11-24)12-15-14(13-21-23(15)7)16(20)22-28(26)19(4,5)6/h13H,8-12H2,1-7H3/t28-/m1/s1. The maximum atomic E-state index is 12.8. The molecule has 1 fully saturated rings. The quantitative estimate of drug-likeness (QED) is 0.715. The molecule has 7 nitrogen and oxygen atoms in total. The monoisotopic (exact) mass is 408 g/mol. The largest absolute Gasteiger partial charge is 0.444 e. The van der Waals surface area contributed by atoms with Crippen LogP contribution in [0.25, 0.3) is 0 Å². The fourth-order valence-corrected chi connectivity index (χ4v) is 4.52. The van der Waals surface area contributed by atoms with Gasteiger partial charge in [0, 0.05) is 43.2 Å². The zero-order valence-corrected chi connectivity index (χ0v) is 18.9. The van der Waals surface area contributed by atoms with Crippen molar-refractivity contribution in [2.24, 2.45) is 16.9 Å². The molecule has 3 rings (SSSR count). The summed E-state index contributed by atoms with van der Waals surface area (Å²) in [5, 5.41) is 4.37. The molecule has 156 valence electrons. The van der Waals surface area contributed by atoms with Crippen LogP contribution in [0.15, 0.2) is 10.6 Å². The molecule has 1 spiro atoms. The van der Waals surface area contributed by atoms with Crippen molar-refractivity contribution in [2.45, 2.75) is 71.2 Å². The number of likely N-dealkylation sites (tertiary alicyclic amines) is 1. The number of aromatic nitrogens is 2. The van der Waals surface area contributed by atoms with Crippen molar-refractivity contribution in [1.29, 1.82) is 0 Å². The van der Waals surface area contributed by atoms with Gasteiger partial charge in [0.2, 0.25) is 0 Å². The minimum Gasteiger partial charge on any atom is -0.444 e. The van der Waals surface area contributed by atoms with Crippen LogP contribution in [0.5, 0.6) is 0 Å². The van der Waals surface area contributed by atoms with E-state index in [1.54, 1.807) is 4.90 Å². The maximum absolute atomic E-state index is 12.8. The van der Waals surface area contributed by atoms with Crippen LogP contribution in [0, 0.1) is 5.41 Å². The molecular weight excluding hydrogens is 376 g/mol. The normalized spacial score (nSPS) is 21.8. The number of carbonyl (C=O) groups excluding carboxylic acids is 1. The van der Waals surface area contributed by atoms with Crippen LogP contribution in [0.3, 0.4) is 0 Å². The van der Waals surface area contributed by atoms with Crippen molar-refractivity contribution in [2.75, 3.05) is 13.1 Å². The summed E-state index contributed by atoms with van der Waals surface area (Å²) in [5.41, 5.74) is 2.34. The first-order chi connectivity index (χ1) is 12.8. The van der Waals surface area contributed by atoms with Crippen molar-refractivity contribution >= 4 is 22.8 Å². The number of piperidine rings is 1. The van der Waals surface area contributed by atoms with Crippen molar-refractivity contribution < 1.29 is 13.7 Å². The third-order valence-corrected chi connectivity index (χ3v) is 6.79. The Balaban J connectivity index is 1.86. The average Bonchev–Trinajstić information content (AvgIpc) is 3.04. The van der Waals surface area contributed by atoms with Gasteiger partial charge in [-0.1, -0.05) is 0 Å². The lowest BCUT2D eigenvalue weighted by molar-refractivity contribution is 0.0158. The van der Waals surface area contributed by atoms with Gasteiger partial charge in [0.05, 0.1) is 16.7 Å². The molecule has 1 amide bonds. The van der Waals surface area contributed by atoms with Crippen molar-refractivity contribution in [3.05, 3.63) is 17.5 Å². The van der Waals surface area contributed by atoms with Crippen LogP contribution in [-0.4, -0.2) is 54.1 Å². The smallest absolute Gasteiger partial charge is 0.410 e. The lowest BCUT2D eigenvalue weighted by Crippen LogP contribution is -2.47. The van der Waals surface area contributed by atoms with E-state index in [0.29, 0.717) is 13.1 Å². The fourth-order valence-electron chi connectivity index (χ4n) is 3.78. The number of nitrogens with zero attached hydrogens (tertiary/aromatic N) is 4. The number of rotatable bonds is 1. The number of ether oxygens (including phenoxy) is 1. The fraction of sp³-hybridized carbons (Fsp3) is 0.750. The first kappa shape index (κ1) is 21.0. The summed E-state index contributed by atoms with van der Waals surface area (Å²) >= 11 is 0. The number of aryl methyl sites for hydroxylation is 1. The first-order valence-electron chi connectivity index (χ1n) is 9.83. The van der Waals surface area contributed by atoms with Gasteiger partial charge in [0.25, 0.3) is 0 Å². The zero-order valence-electron chi connectivity index (χ0n) is 18.0. The van der Waals surface area contributed by atoms with Gasteiger partial charge in [0.1, 0.15) is 16.6 Å². The van der Waals surface area contributed by atoms with Crippen molar-refractivity contribution in [3.8, 4) is 0 Å². The van der Waals surface area contributed by atoms with E-state index in [1.165, 1.54) is 0 Å². The van der Waals surface area contributed by atoms with E-state index in [2.05, 4.69) is 5.10 Å². The van der Waals surface area contributed by atoms with Gasteiger partial charge in [-0.15, -0.1) is 0 Å². The second kappa shape index (κ2) is 6.97. The highest BCUT2D eigenvalue weighted by molar-refractivity contribution is 7.85. The number of carbonyl (C=O) groups is 1. The summed E-state index contributed by atoms with van der Waals surface area (Å²) in [6, 6.07) is 0. The zero-order chi connectivity index (χ0) is 20.9. The molecule has 2 aliphatic rings. The van der Waals surface area contributed by atoms with Crippen LogP contribution in [-0.2, 0) is 29.2 Å². The molecule has 0 bridgehead atoms. The average molecular weight is 409 g/mol. The Bertz CT molecular complexity index is 821. The molecule has 28 heavy (non-hydrogen) atoms. The minimum atomic E-state index is -1.34. The SMILES string of the molecule is Cn1ncc2c1CC1(CCN(C(=O)OC(C)(C)C)CC1)C2=N[S@](=O)C(C)(C)C. The van der Waals surface area contributed by atoms with E-state index in [0.717, 1.165) is 36.2 Å². The van der Waals surface area contributed by atoms with E-state index < -0.39 is 21.3 Å². The molecule has 1 aromatic rings. The third kappa shape index (κ3) is 4.02. The highest BCUT2D eigenvalue weighted by Crippen LogP contribution is 2.45. The summed E-state index contributed by atoms with van der Waals surface area (Å²) in [6.45, 7) is 12.7. The molecule has 0 N–H and O–H groups in total. The second-order valence-corrected chi connectivity index (χ2v) is 11.8. The third-order valence-electron chi connectivity index (χ3n) is 5.40. The number of fused-ring (bicyclic) bond motifs is 1. The van der Waals surface area contributed by atoms with Gasteiger partial charge in [-0.25, -0.2) is 9.00 Å². The van der Waals surface area contributed by atoms with Crippen LogP contribution < -0.4 is 0 Å². The molecule has 0 radical (unpaired) electrons. The molecule has 0 unspecified atom stereocenters. The molecule has 1 aromatic heterocycles. The molecule has 1 atom stereocenters. The Morgan fingerprint density at radius 3 is 2.36 bits per heavy atom. The highest BCUT2D eigenvalue weighted by Gasteiger charge is 2.48. The van der Waals surface area contributed by atoms with Crippen molar-refractivity contribution in [1.82, 2.24) is 14.7 Å². The summed E-state index contributed by atoms with van der Waals surface area (Å²) in [5.74, 6) is 0. The van der Waals surface area contributed by atoms with Gasteiger partial charge in [0.15, 0.2) is 0 Å². The molecule has 8 heteroatoms. The lowest BCUT2D eigenvalue weighted by atomic mass is 9.75. The predicted octanol–water partition coefficient (Wildman–Crippen LogP) is 3.24. The van der Waals surface area contributed by atoms with Crippen LogP contribution in [0.1, 0.15) is 65.6 Å². The van der Waals surface area contributed by atoms with Gasteiger partial charge in [-0.05, 0) is 54.4 Å². The highest BCUT2D eigenvalue weighted by atomic mass is 32.2. The summed E-state index contributed by atoms with van der Waals surface area (Å²) in [7, 11) is 0.598. The molecular formula is C20H32N4O3S. The van der Waals surface area contributed by atoms with Crippen LogP contribution in [0.2, 0.25) is 0 Å². The Morgan fingerprint density at radius 1 is 1.21 bits per heavy atom. The van der Waals surface area contributed by atoms with Crippen LogP contribution in [0.4, 0.5) is 4.79 Å². The summed E-state index contributed by atoms with van der Waals surface area (Å²) < 4.78 is 24.5. The molecule has 1 saturated heterocycles. The number of amides is 1. The molecule has 1 aliphatic heterocycles. The van der Waals surface area contributed by atoms with E-state index in [4.69, 9.17) is 9.13 Å². The summed E-state index contributed by atoms with van der Waals surface area (Å²) in [4.78, 5) is 14.2. The molecule has 0 aromatic carbocycles. The topological polar surface area (TPSA) is 76.8 Å². The Morgan fingerprint density at radius 2 is 1.82 bits per heavy atom. The van der Waals surface area contributed by atoms with E-state index in [1.807, 2.05) is 59.5 Å². The number of hydrogen-bond acceptors (Lipinski definition) is 4. The van der Waals surface area contributed by atoms with E-state index in [9.17, 15) is 9.00 Å². The maximum Gasteiger partial charge on any atom is 0.410 e. The van der Waals surface area contributed by atoms with E-state index in [-0.39, 0.29) is 11.5 Å². The Labute approximate surface area is 170 Å². The first-order valence-corrected chi connectivity index (χ1v) is 10.9. The predicted molar refractivity (Wildman–Crippen MR) is 111 cm³/mol.